The lowest BCUT2D eigenvalue weighted by atomic mass is 10.00. The fourth-order valence-electron chi connectivity index (χ4n) is 3.33. The van der Waals surface area contributed by atoms with Gasteiger partial charge in [0.15, 0.2) is 0 Å². The number of amides is 1. The minimum absolute atomic E-state index is 0.0876. The zero-order chi connectivity index (χ0) is 16.1. The number of nitrogens with zero attached hydrogens (tertiary/aromatic N) is 2. The van der Waals surface area contributed by atoms with Crippen molar-refractivity contribution in [3.8, 4) is 0 Å². The minimum atomic E-state index is 0.0876. The molecular formula is C17H26N4O2. The van der Waals surface area contributed by atoms with Crippen LogP contribution in [0.1, 0.15) is 31.2 Å². The van der Waals surface area contributed by atoms with Gasteiger partial charge in [0.05, 0.1) is 13.2 Å². The Bertz CT molecular complexity index is 514. The summed E-state index contributed by atoms with van der Waals surface area (Å²) in [5.74, 6) is 1.40. The Labute approximate surface area is 137 Å². The van der Waals surface area contributed by atoms with Crippen molar-refractivity contribution in [2.24, 2.45) is 11.7 Å². The topological polar surface area (TPSA) is 80.5 Å². The molecule has 2 heterocycles. The fraction of sp³-hybridized carbons (Fsp3) is 0.647. The lowest BCUT2D eigenvalue weighted by Crippen LogP contribution is -2.36. The molecule has 2 atom stereocenters. The van der Waals surface area contributed by atoms with Gasteiger partial charge in [0.1, 0.15) is 5.82 Å². The van der Waals surface area contributed by atoms with E-state index in [9.17, 15) is 4.79 Å². The van der Waals surface area contributed by atoms with Crippen LogP contribution in [-0.4, -0.2) is 43.2 Å². The summed E-state index contributed by atoms with van der Waals surface area (Å²) in [5, 5.41) is 2.98. The summed E-state index contributed by atoms with van der Waals surface area (Å²) in [4.78, 5) is 18.7. The Hall–Kier alpha value is -1.66. The Morgan fingerprint density at radius 3 is 2.83 bits per heavy atom. The number of nitrogens with one attached hydrogen (secondary N) is 1. The van der Waals surface area contributed by atoms with Crippen molar-refractivity contribution >= 4 is 11.7 Å². The minimum Gasteiger partial charge on any atom is -0.378 e. The van der Waals surface area contributed by atoms with Crippen LogP contribution in [0.4, 0.5) is 5.82 Å². The Morgan fingerprint density at radius 1 is 1.35 bits per heavy atom. The van der Waals surface area contributed by atoms with Crippen LogP contribution < -0.4 is 16.0 Å². The standard InChI is InChI=1S/C17H26N4O2/c18-15-3-1-2-14(15)10-17(22)20-12-13-4-5-16(19-11-13)21-6-8-23-9-7-21/h4-5,11,14-15H,1-3,6-10,12,18H2,(H,20,22)/t14-,15+/m0/s1. The molecular weight excluding hydrogens is 292 g/mol. The molecule has 1 amide bonds. The fourth-order valence-corrected chi connectivity index (χ4v) is 3.33. The van der Waals surface area contributed by atoms with Crippen LogP contribution >= 0.6 is 0 Å². The average Bonchev–Trinajstić information content (AvgIpc) is 2.99. The first-order chi connectivity index (χ1) is 11.2. The Kier molecular flexibility index (Phi) is 5.46. The molecule has 1 aromatic heterocycles. The number of ether oxygens (including phenoxy) is 1. The molecule has 0 radical (unpaired) electrons. The number of nitrogens with two attached hydrogens (primary N) is 1. The molecule has 1 aliphatic carbocycles. The maximum Gasteiger partial charge on any atom is 0.220 e. The van der Waals surface area contributed by atoms with Gasteiger partial charge in [0.2, 0.25) is 5.91 Å². The third-order valence-corrected chi connectivity index (χ3v) is 4.80. The van der Waals surface area contributed by atoms with Crippen molar-refractivity contribution in [3.63, 3.8) is 0 Å². The number of rotatable bonds is 5. The van der Waals surface area contributed by atoms with E-state index in [0.717, 1.165) is 56.9 Å². The molecule has 1 saturated carbocycles. The van der Waals surface area contributed by atoms with Crippen molar-refractivity contribution in [3.05, 3.63) is 23.9 Å². The molecule has 126 valence electrons. The summed E-state index contributed by atoms with van der Waals surface area (Å²) < 4.78 is 5.35. The zero-order valence-electron chi connectivity index (χ0n) is 13.5. The van der Waals surface area contributed by atoms with Gasteiger partial charge in [-0.05, 0) is 30.4 Å². The largest absolute Gasteiger partial charge is 0.378 e. The molecule has 2 aliphatic rings. The molecule has 3 rings (SSSR count). The summed E-state index contributed by atoms with van der Waals surface area (Å²) in [7, 11) is 0. The van der Waals surface area contributed by atoms with E-state index in [1.807, 2.05) is 18.3 Å². The van der Waals surface area contributed by atoms with E-state index >= 15 is 0 Å². The highest BCUT2D eigenvalue weighted by atomic mass is 16.5. The lowest BCUT2D eigenvalue weighted by Gasteiger charge is -2.27. The van der Waals surface area contributed by atoms with Gasteiger partial charge in [0, 0.05) is 38.3 Å². The molecule has 1 saturated heterocycles. The van der Waals surface area contributed by atoms with Crippen molar-refractivity contribution < 1.29 is 9.53 Å². The predicted octanol–water partition coefficient (Wildman–Crippen LogP) is 1.05. The quantitative estimate of drug-likeness (QED) is 0.848. The first-order valence-electron chi connectivity index (χ1n) is 8.52. The highest BCUT2D eigenvalue weighted by Crippen LogP contribution is 2.26. The Balaban J connectivity index is 1.45. The van der Waals surface area contributed by atoms with Crippen molar-refractivity contribution in [1.29, 1.82) is 0 Å². The number of aromatic nitrogens is 1. The molecule has 0 aromatic carbocycles. The highest BCUT2D eigenvalue weighted by Gasteiger charge is 2.25. The van der Waals surface area contributed by atoms with Gasteiger partial charge in [-0.25, -0.2) is 4.98 Å². The second kappa shape index (κ2) is 7.75. The lowest BCUT2D eigenvalue weighted by molar-refractivity contribution is -0.122. The predicted molar refractivity (Wildman–Crippen MR) is 89.0 cm³/mol. The van der Waals surface area contributed by atoms with E-state index in [-0.39, 0.29) is 11.9 Å². The maximum absolute atomic E-state index is 12.0. The summed E-state index contributed by atoms with van der Waals surface area (Å²) >= 11 is 0. The number of morpholine rings is 1. The number of pyridine rings is 1. The van der Waals surface area contributed by atoms with E-state index in [1.54, 1.807) is 0 Å². The van der Waals surface area contributed by atoms with E-state index < -0.39 is 0 Å². The third kappa shape index (κ3) is 4.42. The summed E-state index contributed by atoms with van der Waals surface area (Å²) in [6, 6.07) is 4.23. The van der Waals surface area contributed by atoms with Crippen molar-refractivity contribution in [2.45, 2.75) is 38.3 Å². The zero-order valence-corrected chi connectivity index (χ0v) is 13.5. The highest BCUT2D eigenvalue weighted by molar-refractivity contribution is 5.76. The number of hydrogen-bond donors (Lipinski definition) is 2. The molecule has 3 N–H and O–H groups in total. The first kappa shape index (κ1) is 16.2. The average molecular weight is 318 g/mol. The van der Waals surface area contributed by atoms with Crippen LogP contribution in [0.2, 0.25) is 0 Å². The molecule has 0 unspecified atom stereocenters. The van der Waals surface area contributed by atoms with E-state index in [1.165, 1.54) is 0 Å². The van der Waals surface area contributed by atoms with E-state index in [0.29, 0.717) is 18.9 Å². The van der Waals surface area contributed by atoms with Crippen LogP contribution in [0, 0.1) is 5.92 Å². The normalized spacial score (nSPS) is 24.7. The first-order valence-corrected chi connectivity index (χ1v) is 8.52. The molecule has 6 heteroatoms. The van der Waals surface area contributed by atoms with Crippen molar-refractivity contribution in [2.75, 3.05) is 31.2 Å². The monoisotopic (exact) mass is 318 g/mol. The van der Waals surface area contributed by atoms with Gasteiger partial charge in [0.25, 0.3) is 0 Å². The van der Waals surface area contributed by atoms with Gasteiger partial charge in [-0.15, -0.1) is 0 Å². The van der Waals surface area contributed by atoms with Crippen LogP contribution in [0.5, 0.6) is 0 Å². The number of hydrogen-bond acceptors (Lipinski definition) is 5. The maximum atomic E-state index is 12.0. The molecule has 0 spiro atoms. The van der Waals surface area contributed by atoms with Gasteiger partial charge < -0.3 is 20.7 Å². The van der Waals surface area contributed by atoms with Gasteiger partial charge in [-0.2, -0.15) is 0 Å². The van der Waals surface area contributed by atoms with Crippen LogP contribution in [0.3, 0.4) is 0 Å². The van der Waals surface area contributed by atoms with Gasteiger partial charge in [-0.3, -0.25) is 4.79 Å². The third-order valence-electron chi connectivity index (χ3n) is 4.80. The molecule has 1 aromatic rings. The summed E-state index contributed by atoms with van der Waals surface area (Å²) in [6.45, 7) is 3.79. The second-order valence-corrected chi connectivity index (χ2v) is 6.46. The van der Waals surface area contributed by atoms with Gasteiger partial charge in [-0.1, -0.05) is 12.5 Å². The Morgan fingerprint density at radius 2 is 2.17 bits per heavy atom. The number of carbonyl (C=O) groups is 1. The van der Waals surface area contributed by atoms with E-state index in [4.69, 9.17) is 10.5 Å². The molecule has 1 aliphatic heterocycles. The summed E-state index contributed by atoms with van der Waals surface area (Å²) in [6.07, 6.45) is 5.65. The van der Waals surface area contributed by atoms with Crippen molar-refractivity contribution in [1.82, 2.24) is 10.3 Å². The second-order valence-electron chi connectivity index (χ2n) is 6.46. The smallest absolute Gasteiger partial charge is 0.220 e. The molecule has 2 fully saturated rings. The SMILES string of the molecule is N[C@@H]1CCC[C@H]1CC(=O)NCc1ccc(N2CCOCC2)nc1. The van der Waals surface area contributed by atoms with Crippen LogP contribution in [0.25, 0.3) is 0 Å². The molecule has 0 bridgehead atoms. The number of anilines is 1. The molecule has 23 heavy (non-hydrogen) atoms. The van der Waals surface area contributed by atoms with Gasteiger partial charge >= 0.3 is 0 Å². The summed E-state index contributed by atoms with van der Waals surface area (Å²) in [5.41, 5.74) is 7.04. The number of carbonyl (C=O) groups excluding carboxylic acids is 1. The van der Waals surface area contributed by atoms with E-state index in [2.05, 4.69) is 15.2 Å². The van der Waals surface area contributed by atoms with Crippen LogP contribution in [0.15, 0.2) is 18.3 Å². The van der Waals surface area contributed by atoms with Crippen LogP contribution in [-0.2, 0) is 16.1 Å². The molecule has 6 nitrogen and oxygen atoms in total.